The van der Waals surface area contributed by atoms with Crippen LogP contribution in [-0.4, -0.2) is 11.7 Å². The molecule has 0 radical (unpaired) electrons. The van der Waals surface area contributed by atoms with E-state index < -0.39 is 0 Å². The molecule has 2 rings (SSSR count). The van der Waals surface area contributed by atoms with Crippen molar-refractivity contribution < 1.29 is 4.74 Å². The molecule has 2 aromatic carbocycles. The number of ether oxygens (including phenoxy) is 1. The summed E-state index contributed by atoms with van der Waals surface area (Å²) in [5.74, 6) is 0.546. The van der Waals surface area contributed by atoms with Gasteiger partial charge < -0.3 is 4.74 Å². The number of thiol groups is 1. The number of benzene rings is 2. The second-order valence-corrected chi connectivity index (χ2v) is 3.87. The van der Waals surface area contributed by atoms with Gasteiger partial charge in [0.25, 0.3) is 0 Å². The second kappa shape index (κ2) is 5.03. The van der Waals surface area contributed by atoms with Gasteiger partial charge in [-0.2, -0.15) is 12.6 Å². The van der Waals surface area contributed by atoms with Crippen molar-refractivity contribution in [1.82, 2.24) is 0 Å². The third-order valence-electron chi connectivity index (χ3n) is 2.37. The predicted octanol–water partition coefficient (Wildman–Crippen LogP) is 3.26. The van der Waals surface area contributed by atoms with Gasteiger partial charge in [-0.1, -0.05) is 36.4 Å². The molecule has 2 nitrogen and oxygen atoms in total. The van der Waals surface area contributed by atoms with Gasteiger partial charge in [0.15, 0.2) is 5.90 Å². The highest BCUT2D eigenvalue weighted by atomic mass is 32.1. The Balaban J connectivity index is 2.16. The first kappa shape index (κ1) is 11.0. The third kappa shape index (κ3) is 2.55. The molecule has 2 aromatic rings. The summed E-state index contributed by atoms with van der Waals surface area (Å²) in [6, 6.07) is 14.4. The quantitative estimate of drug-likeness (QED) is 0.474. The van der Waals surface area contributed by atoms with Crippen LogP contribution in [-0.2, 0) is 11.3 Å². The number of nitrogens with one attached hydrogen (secondary N) is 1. The van der Waals surface area contributed by atoms with Crippen LogP contribution in [0.1, 0.15) is 5.56 Å². The van der Waals surface area contributed by atoms with Crippen LogP contribution in [0.3, 0.4) is 0 Å². The molecule has 0 bridgehead atoms. The molecule has 0 heterocycles. The van der Waals surface area contributed by atoms with Crippen molar-refractivity contribution in [2.24, 2.45) is 0 Å². The van der Waals surface area contributed by atoms with Crippen LogP contribution < -0.4 is 0 Å². The Morgan fingerprint density at radius 2 is 1.88 bits per heavy atom. The second-order valence-electron chi connectivity index (χ2n) is 3.55. The Hall–Kier alpha value is -1.48. The number of hydrogen-bond donors (Lipinski definition) is 2. The Morgan fingerprint density at radius 1 is 1.12 bits per heavy atom. The van der Waals surface area contributed by atoms with Crippen LogP contribution in [0.15, 0.2) is 42.5 Å². The Labute approximate surface area is 100 Å². The van der Waals surface area contributed by atoms with Gasteiger partial charge in [0, 0.05) is 0 Å². The summed E-state index contributed by atoms with van der Waals surface area (Å²) < 4.78 is 5.23. The monoisotopic (exact) mass is 231 g/mol. The van der Waals surface area contributed by atoms with Crippen molar-refractivity contribution in [2.45, 2.75) is 6.61 Å². The van der Waals surface area contributed by atoms with Crippen molar-refractivity contribution in [3.63, 3.8) is 0 Å². The SMILES string of the molecule is N=C(CS)OCc1ccc2ccccc2c1. The topological polar surface area (TPSA) is 33.1 Å². The van der Waals surface area contributed by atoms with E-state index >= 15 is 0 Å². The zero-order valence-corrected chi connectivity index (χ0v) is 9.71. The highest BCUT2D eigenvalue weighted by Crippen LogP contribution is 2.16. The molecule has 0 aromatic heterocycles. The Bertz CT molecular complexity index is 510. The zero-order valence-electron chi connectivity index (χ0n) is 8.81. The van der Waals surface area contributed by atoms with Gasteiger partial charge in [-0.3, -0.25) is 5.41 Å². The molecule has 0 aliphatic heterocycles. The molecule has 16 heavy (non-hydrogen) atoms. The van der Waals surface area contributed by atoms with E-state index in [2.05, 4.69) is 36.9 Å². The minimum absolute atomic E-state index is 0.205. The van der Waals surface area contributed by atoms with Crippen LogP contribution in [0.2, 0.25) is 0 Å². The summed E-state index contributed by atoms with van der Waals surface area (Å²) in [5.41, 5.74) is 1.07. The van der Waals surface area contributed by atoms with Gasteiger partial charge in [0.1, 0.15) is 6.61 Å². The van der Waals surface area contributed by atoms with Crippen LogP contribution in [0, 0.1) is 5.41 Å². The van der Waals surface area contributed by atoms with Crippen molar-refractivity contribution in [3.05, 3.63) is 48.0 Å². The van der Waals surface area contributed by atoms with E-state index in [0.717, 1.165) is 5.56 Å². The van der Waals surface area contributed by atoms with Gasteiger partial charge in [-0.15, -0.1) is 0 Å². The van der Waals surface area contributed by atoms with Crippen LogP contribution in [0.25, 0.3) is 10.8 Å². The Kier molecular flexibility index (Phi) is 3.47. The number of fused-ring (bicyclic) bond motifs is 1. The maximum Gasteiger partial charge on any atom is 0.190 e. The van der Waals surface area contributed by atoms with Gasteiger partial charge in [0.05, 0.1) is 5.75 Å². The lowest BCUT2D eigenvalue weighted by Gasteiger charge is -2.06. The first-order chi connectivity index (χ1) is 7.79. The van der Waals surface area contributed by atoms with E-state index in [0.29, 0.717) is 12.4 Å². The molecule has 0 unspecified atom stereocenters. The van der Waals surface area contributed by atoms with E-state index in [1.54, 1.807) is 0 Å². The smallest absolute Gasteiger partial charge is 0.190 e. The summed E-state index contributed by atoms with van der Waals surface area (Å²) in [7, 11) is 0. The van der Waals surface area contributed by atoms with E-state index in [4.69, 9.17) is 10.1 Å². The standard InChI is InChI=1S/C13H13NOS/c14-13(9-16)15-8-10-5-6-11-3-1-2-4-12(11)7-10/h1-7,14,16H,8-9H2. The average Bonchev–Trinajstić information content (AvgIpc) is 2.35. The van der Waals surface area contributed by atoms with Crippen molar-refractivity contribution in [1.29, 1.82) is 5.41 Å². The summed E-state index contributed by atoms with van der Waals surface area (Å²) in [6.45, 7) is 0.435. The summed E-state index contributed by atoms with van der Waals surface area (Å²) in [6.07, 6.45) is 0. The Morgan fingerprint density at radius 3 is 2.62 bits per heavy atom. The van der Waals surface area contributed by atoms with Gasteiger partial charge in [-0.05, 0) is 22.4 Å². The first-order valence-electron chi connectivity index (χ1n) is 5.08. The molecular formula is C13H13NOS. The molecule has 3 heteroatoms. The third-order valence-corrected chi connectivity index (χ3v) is 2.66. The van der Waals surface area contributed by atoms with Crippen LogP contribution >= 0.6 is 12.6 Å². The maximum absolute atomic E-state index is 7.35. The molecular weight excluding hydrogens is 218 g/mol. The van der Waals surface area contributed by atoms with E-state index in [-0.39, 0.29) is 5.90 Å². The van der Waals surface area contributed by atoms with Crippen LogP contribution in [0.5, 0.6) is 0 Å². The summed E-state index contributed by atoms with van der Waals surface area (Å²) in [4.78, 5) is 0. The molecule has 82 valence electrons. The van der Waals surface area contributed by atoms with Gasteiger partial charge in [-0.25, -0.2) is 0 Å². The fourth-order valence-electron chi connectivity index (χ4n) is 1.54. The molecule has 0 aliphatic rings. The molecule has 0 amide bonds. The fraction of sp³-hybridized carbons (Fsp3) is 0.154. The van der Waals surface area contributed by atoms with Crippen molar-refractivity contribution in [3.8, 4) is 0 Å². The molecule has 0 saturated carbocycles. The summed E-state index contributed by atoms with van der Waals surface area (Å²) in [5, 5.41) is 9.76. The molecule has 1 N–H and O–H groups in total. The fourth-order valence-corrected chi connectivity index (χ4v) is 1.64. The normalized spacial score (nSPS) is 10.3. The van der Waals surface area contributed by atoms with Crippen LogP contribution in [0.4, 0.5) is 0 Å². The highest BCUT2D eigenvalue weighted by Gasteiger charge is 1.98. The molecule has 0 aliphatic carbocycles. The molecule has 0 spiro atoms. The van der Waals surface area contributed by atoms with Gasteiger partial charge >= 0.3 is 0 Å². The van der Waals surface area contributed by atoms with E-state index in [1.807, 2.05) is 18.2 Å². The largest absolute Gasteiger partial charge is 0.476 e. The maximum atomic E-state index is 7.35. The highest BCUT2D eigenvalue weighted by molar-refractivity contribution is 7.81. The average molecular weight is 231 g/mol. The minimum Gasteiger partial charge on any atom is -0.476 e. The summed E-state index contributed by atoms with van der Waals surface area (Å²) >= 11 is 3.97. The first-order valence-corrected chi connectivity index (χ1v) is 5.71. The number of rotatable bonds is 3. The minimum atomic E-state index is 0.205. The van der Waals surface area contributed by atoms with Crippen molar-refractivity contribution in [2.75, 3.05) is 5.75 Å². The molecule has 0 fully saturated rings. The number of hydrogen-bond acceptors (Lipinski definition) is 3. The lowest BCUT2D eigenvalue weighted by molar-refractivity contribution is 0.288. The van der Waals surface area contributed by atoms with Crippen molar-refractivity contribution >= 4 is 29.3 Å². The molecule has 0 saturated heterocycles. The zero-order chi connectivity index (χ0) is 11.4. The lowest BCUT2D eigenvalue weighted by atomic mass is 10.1. The molecule has 0 atom stereocenters. The lowest BCUT2D eigenvalue weighted by Crippen LogP contribution is -2.04. The van der Waals surface area contributed by atoms with E-state index in [9.17, 15) is 0 Å². The predicted molar refractivity (Wildman–Crippen MR) is 70.3 cm³/mol. The van der Waals surface area contributed by atoms with E-state index in [1.165, 1.54) is 10.8 Å². The van der Waals surface area contributed by atoms with Gasteiger partial charge in [0.2, 0.25) is 0 Å².